The smallest absolute Gasteiger partial charge is 0.309 e. The van der Waals surface area contributed by atoms with Gasteiger partial charge >= 0.3 is 5.97 Å². The highest BCUT2D eigenvalue weighted by atomic mass is 19.1. The van der Waals surface area contributed by atoms with Crippen molar-refractivity contribution in [2.24, 2.45) is 5.92 Å². The Bertz CT molecular complexity index is 789. The van der Waals surface area contributed by atoms with Crippen LogP contribution in [0.4, 0.5) is 14.5 Å². The highest BCUT2D eigenvalue weighted by Crippen LogP contribution is 2.49. The third-order valence-corrected chi connectivity index (χ3v) is 3.97. The van der Waals surface area contributed by atoms with Gasteiger partial charge in [-0.15, -0.1) is 0 Å². The second-order valence-corrected chi connectivity index (χ2v) is 5.62. The summed E-state index contributed by atoms with van der Waals surface area (Å²) >= 11 is 0. The van der Waals surface area contributed by atoms with E-state index in [2.05, 4.69) is 0 Å². The third kappa shape index (κ3) is 3.24. The minimum absolute atomic E-state index is 0.0881. The Kier molecular flexibility index (Phi) is 4.24. The summed E-state index contributed by atoms with van der Waals surface area (Å²) in [5.41, 5.74) is 0.294. The molecule has 124 valence electrons. The molecular formula is C17H13F2NO4. The number of carbonyl (C=O) groups is 1. The van der Waals surface area contributed by atoms with Crippen LogP contribution in [-0.2, 0) is 16.1 Å². The summed E-state index contributed by atoms with van der Waals surface area (Å²) in [5.74, 6) is -3.02. The fourth-order valence-corrected chi connectivity index (χ4v) is 2.66. The largest absolute Gasteiger partial charge is 0.461 e. The molecule has 2 aromatic carbocycles. The van der Waals surface area contributed by atoms with Crippen molar-refractivity contribution in [2.45, 2.75) is 18.9 Å². The molecule has 5 nitrogen and oxygen atoms in total. The number of rotatable bonds is 5. The topological polar surface area (TPSA) is 69.4 Å². The molecule has 0 aromatic heterocycles. The molecule has 7 heteroatoms. The molecule has 0 N–H and O–H groups in total. The molecule has 0 heterocycles. The highest BCUT2D eigenvalue weighted by molar-refractivity contribution is 5.77. The first-order chi connectivity index (χ1) is 11.5. The number of carbonyl (C=O) groups excluding carboxylic acids is 1. The van der Waals surface area contributed by atoms with Crippen molar-refractivity contribution in [3.63, 3.8) is 0 Å². The minimum Gasteiger partial charge on any atom is -0.461 e. The third-order valence-electron chi connectivity index (χ3n) is 3.97. The summed E-state index contributed by atoms with van der Waals surface area (Å²) in [7, 11) is 0. The molecule has 0 saturated heterocycles. The first kappa shape index (κ1) is 16.0. The van der Waals surface area contributed by atoms with Gasteiger partial charge in [-0.25, -0.2) is 8.78 Å². The van der Waals surface area contributed by atoms with E-state index in [4.69, 9.17) is 4.74 Å². The molecule has 3 rings (SSSR count). The molecular weight excluding hydrogens is 320 g/mol. The van der Waals surface area contributed by atoms with Gasteiger partial charge in [0.1, 0.15) is 18.2 Å². The zero-order chi connectivity index (χ0) is 17.3. The molecule has 2 unspecified atom stereocenters. The van der Waals surface area contributed by atoms with Crippen molar-refractivity contribution in [3.8, 4) is 0 Å². The number of halogens is 2. The van der Waals surface area contributed by atoms with Crippen LogP contribution in [0, 0.1) is 27.7 Å². The van der Waals surface area contributed by atoms with E-state index in [9.17, 15) is 23.7 Å². The van der Waals surface area contributed by atoms with Gasteiger partial charge < -0.3 is 4.74 Å². The molecule has 0 aliphatic heterocycles. The maximum atomic E-state index is 13.7. The van der Waals surface area contributed by atoms with Gasteiger partial charge in [-0.2, -0.15) is 0 Å². The summed E-state index contributed by atoms with van der Waals surface area (Å²) < 4.78 is 32.5. The number of esters is 1. The van der Waals surface area contributed by atoms with Crippen molar-refractivity contribution < 1.29 is 23.2 Å². The molecule has 0 bridgehead atoms. The first-order valence-corrected chi connectivity index (χ1v) is 7.31. The molecule has 0 amide bonds. The van der Waals surface area contributed by atoms with E-state index < -0.39 is 34.4 Å². The number of ether oxygens (including phenoxy) is 1. The summed E-state index contributed by atoms with van der Waals surface area (Å²) in [6.07, 6.45) is 0.325. The summed E-state index contributed by atoms with van der Waals surface area (Å²) in [6, 6.07) is 9.32. The van der Waals surface area contributed by atoms with Crippen molar-refractivity contribution in [1.82, 2.24) is 0 Å². The Labute approximate surface area is 136 Å². The maximum Gasteiger partial charge on any atom is 0.309 e. The fraction of sp³-hybridized carbons (Fsp3) is 0.235. The molecule has 1 fully saturated rings. The number of nitrogens with zero attached hydrogens (tertiary/aromatic N) is 1. The van der Waals surface area contributed by atoms with Crippen LogP contribution in [0.2, 0.25) is 0 Å². The second kappa shape index (κ2) is 6.35. The summed E-state index contributed by atoms with van der Waals surface area (Å²) in [6.45, 7) is -0.122. The van der Waals surface area contributed by atoms with E-state index in [-0.39, 0.29) is 17.9 Å². The molecule has 0 spiro atoms. The summed E-state index contributed by atoms with van der Waals surface area (Å²) in [5, 5.41) is 10.7. The van der Waals surface area contributed by atoms with Crippen LogP contribution < -0.4 is 0 Å². The molecule has 2 aromatic rings. The van der Waals surface area contributed by atoms with Crippen molar-refractivity contribution in [1.29, 1.82) is 0 Å². The normalized spacial score (nSPS) is 18.9. The lowest BCUT2D eigenvalue weighted by atomic mass is 10.1. The highest BCUT2D eigenvalue weighted by Gasteiger charge is 2.47. The average Bonchev–Trinajstić information content (AvgIpc) is 3.33. The fourth-order valence-electron chi connectivity index (χ4n) is 2.66. The standard InChI is InChI=1S/C17H13F2NO4/c18-14-5-2-6-15(19)16(14)12-8-13(12)17(21)24-9-10-3-1-4-11(7-10)20(22)23/h1-7,12-13H,8-9H2. The number of non-ortho nitro benzene ring substituents is 1. The first-order valence-electron chi connectivity index (χ1n) is 7.31. The van der Waals surface area contributed by atoms with Gasteiger partial charge in [-0.3, -0.25) is 14.9 Å². The average molecular weight is 333 g/mol. The van der Waals surface area contributed by atoms with Gasteiger partial charge in [0.25, 0.3) is 5.69 Å². The Morgan fingerprint density at radius 1 is 1.21 bits per heavy atom. The predicted molar refractivity (Wildman–Crippen MR) is 80.1 cm³/mol. The molecule has 2 atom stereocenters. The van der Waals surface area contributed by atoms with E-state index in [1.807, 2.05) is 0 Å². The Morgan fingerprint density at radius 3 is 2.54 bits per heavy atom. The number of benzene rings is 2. The van der Waals surface area contributed by atoms with Crippen molar-refractivity contribution >= 4 is 11.7 Å². The Balaban J connectivity index is 1.61. The predicted octanol–water partition coefficient (Wildman–Crippen LogP) is 3.72. The van der Waals surface area contributed by atoms with Crippen molar-refractivity contribution in [3.05, 3.63) is 75.3 Å². The van der Waals surface area contributed by atoms with E-state index in [1.54, 1.807) is 6.07 Å². The lowest BCUT2D eigenvalue weighted by molar-refractivity contribution is -0.384. The molecule has 1 aliphatic rings. The minimum atomic E-state index is -0.672. The Morgan fingerprint density at radius 2 is 1.88 bits per heavy atom. The maximum absolute atomic E-state index is 13.7. The van der Waals surface area contributed by atoms with Gasteiger partial charge in [0.05, 0.1) is 10.8 Å². The van der Waals surface area contributed by atoms with E-state index in [0.717, 1.165) is 12.1 Å². The van der Waals surface area contributed by atoms with E-state index >= 15 is 0 Å². The van der Waals surface area contributed by atoms with Gasteiger partial charge in [0.15, 0.2) is 0 Å². The molecule has 1 aliphatic carbocycles. The van der Waals surface area contributed by atoms with Crippen LogP contribution in [0.15, 0.2) is 42.5 Å². The molecule has 1 saturated carbocycles. The zero-order valence-corrected chi connectivity index (χ0v) is 12.4. The number of hydrogen-bond donors (Lipinski definition) is 0. The van der Waals surface area contributed by atoms with Crippen LogP contribution in [0.25, 0.3) is 0 Å². The van der Waals surface area contributed by atoms with Crippen LogP contribution >= 0.6 is 0 Å². The molecule has 0 radical (unpaired) electrons. The second-order valence-electron chi connectivity index (χ2n) is 5.62. The number of hydrogen-bond acceptors (Lipinski definition) is 4. The van der Waals surface area contributed by atoms with Gasteiger partial charge in [0, 0.05) is 23.6 Å². The number of nitro benzene ring substituents is 1. The molecule has 24 heavy (non-hydrogen) atoms. The van der Waals surface area contributed by atoms with Gasteiger partial charge in [-0.05, 0) is 24.1 Å². The van der Waals surface area contributed by atoms with Gasteiger partial charge in [-0.1, -0.05) is 18.2 Å². The van der Waals surface area contributed by atoms with Gasteiger partial charge in [0.2, 0.25) is 0 Å². The SMILES string of the molecule is O=C(OCc1cccc([N+](=O)[O-])c1)C1CC1c1c(F)cccc1F. The quantitative estimate of drug-likeness (QED) is 0.475. The van der Waals surface area contributed by atoms with E-state index in [0.29, 0.717) is 12.0 Å². The number of nitro groups is 1. The van der Waals surface area contributed by atoms with E-state index in [1.165, 1.54) is 24.3 Å². The van der Waals surface area contributed by atoms with Crippen LogP contribution in [0.5, 0.6) is 0 Å². The van der Waals surface area contributed by atoms with Crippen LogP contribution in [0.1, 0.15) is 23.5 Å². The van der Waals surface area contributed by atoms with Crippen molar-refractivity contribution in [2.75, 3.05) is 0 Å². The lowest BCUT2D eigenvalue weighted by Crippen LogP contribution is -2.09. The monoisotopic (exact) mass is 333 g/mol. The van der Waals surface area contributed by atoms with Crippen LogP contribution in [-0.4, -0.2) is 10.9 Å². The summed E-state index contributed by atoms with van der Waals surface area (Å²) in [4.78, 5) is 22.2. The van der Waals surface area contributed by atoms with Crippen LogP contribution in [0.3, 0.4) is 0 Å². The lowest BCUT2D eigenvalue weighted by Gasteiger charge is -2.06. The Hall–Kier alpha value is -2.83. The zero-order valence-electron chi connectivity index (χ0n) is 12.4.